The van der Waals surface area contributed by atoms with Crippen molar-refractivity contribution in [2.24, 2.45) is 11.3 Å². The topological polar surface area (TPSA) is 69.4 Å². The fraction of sp³-hybridized carbons (Fsp3) is 0.688. The van der Waals surface area contributed by atoms with Gasteiger partial charge in [-0.3, -0.25) is 0 Å². The first-order valence-corrected chi connectivity index (χ1v) is 7.86. The molecule has 2 heterocycles. The van der Waals surface area contributed by atoms with Crippen LogP contribution in [-0.2, 0) is 4.74 Å². The van der Waals surface area contributed by atoms with Gasteiger partial charge < -0.3 is 20.5 Å². The number of nitrogens with zero attached hydrogens (tertiary/aromatic N) is 1. The Morgan fingerprint density at radius 2 is 2.14 bits per heavy atom. The van der Waals surface area contributed by atoms with Crippen molar-refractivity contribution < 1.29 is 9.47 Å². The van der Waals surface area contributed by atoms with Gasteiger partial charge in [0.15, 0.2) is 0 Å². The number of hydrogen-bond donors (Lipinski definition) is 2. The highest BCUT2D eigenvalue weighted by molar-refractivity contribution is 5.53. The van der Waals surface area contributed by atoms with Crippen molar-refractivity contribution in [3.05, 3.63) is 12.1 Å². The van der Waals surface area contributed by atoms with E-state index in [9.17, 15) is 0 Å². The van der Waals surface area contributed by atoms with E-state index in [0.29, 0.717) is 17.5 Å². The predicted octanol–water partition coefficient (Wildman–Crippen LogP) is 2.68. The molecule has 0 bridgehead atoms. The monoisotopic (exact) mass is 291 g/mol. The fourth-order valence-corrected chi connectivity index (χ4v) is 2.49. The summed E-state index contributed by atoms with van der Waals surface area (Å²) in [6, 6.07) is 3.78. The number of rotatable bonds is 6. The molecule has 5 nitrogen and oxygen atoms in total. The molecule has 1 aliphatic carbocycles. The molecule has 1 aliphatic heterocycles. The standard InChI is InChI=1S/C16H25N3O2/c1-16(6-8-20-9-7-16)11-18-14-5-4-13(17)15(19-14)21-10-12-2-3-12/h4-5,12H,2-3,6-11,17H2,1H3,(H,18,19). The minimum Gasteiger partial charge on any atom is -0.476 e. The van der Waals surface area contributed by atoms with E-state index in [2.05, 4.69) is 17.2 Å². The number of anilines is 2. The highest BCUT2D eigenvalue weighted by Gasteiger charge is 2.27. The van der Waals surface area contributed by atoms with Gasteiger partial charge in [-0.15, -0.1) is 0 Å². The minimum absolute atomic E-state index is 0.274. The normalized spacial score (nSPS) is 21.0. The number of ether oxygens (including phenoxy) is 2. The summed E-state index contributed by atoms with van der Waals surface area (Å²) in [5, 5.41) is 3.42. The summed E-state index contributed by atoms with van der Waals surface area (Å²) in [5.41, 5.74) is 6.81. The molecule has 0 radical (unpaired) electrons. The number of pyridine rings is 1. The fourth-order valence-electron chi connectivity index (χ4n) is 2.49. The van der Waals surface area contributed by atoms with Crippen LogP contribution in [0.3, 0.4) is 0 Å². The van der Waals surface area contributed by atoms with Crippen LogP contribution in [0.5, 0.6) is 5.88 Å². The van der Waals surface area contributed by atoms with Gasteiger partial charge in [-0.2, -0.15) is 4.98 Å². The molecule has 0 aromatic carbocycles. The third-order valence-corrected chi connectivity index (χ3v) is 4.44. The summed E-state index contributed by atoms with van der Waals surface area (Å²) < 4.78 is 11.2. The van der Waals surface area contributed by atoms with Gasteiger partial charge in [0.2, 0.25) is 5.88 Å². The van der Waals surface area contributed by atoms with Crippen LogP contribution >= 0.6 is 0 Å². The van der Waals surface area contributed by atoms with Crippen LogP contribution in [-0.4, -0.2) is 31.3 Å². The summed E-state index contributed by atoms with van der Waals surface area (Å²) in [7, 11) is 0. The van der Waals surface area contributed by atoms with Crippen molar-refractivity contribution in [3.8, 4) is 5.88 Å². The van der Waals surface area contributed by atoms with E-state index < -0.39 is 0 Å². The van der Waals surface area contributed by atoms with Crippen LogP contribution in [0.25, 0.3) is 0 Å². The van der Waals surface area contributed by atoms with Crippen LogP contribution < -0.4 is 15.8 Å². The molecule has 1 saturated heterocycles. The number of hydrogen-bond acceptors (Lipinski definition) is 5. The zero-order valence-corrected chi connectivity index (χ0v) is 12.7. The van der Waals surface area contributed by atoms with E-state index in [0.717, 1.165) is 45.0 Å². The van der Waals surface area contributed by atoms with E-state index in [4.69, 9.17) is 15.2 Å². The molecule has 1 aromatic rings. The Hall–Kier alpha value is -1.49. The molecule has 0 atom stereocenters. The van der Waals surface area contributed by atoms with E-state index in [1.165, 1.54) is 12.8 Å². The van der Waals surface area contributed by atoms with Gasteiger partial charge in [-0.1, -0.05) is 6.92 Å². The first-order valence-electron chi connectivity index (χ1n) is 7.86. The maximum Gasteiger partial charge on any atom is 0.239 e. The molecule has 5 heteroatoms. The third-order valence-electron chi connectivity index (χ3n) is 4.44. The van der Waals surface area contributed by atoms with Crippen molar-refractivity contribution in [1.82, 2.24) is 4.98 Å². The molecule has 116 valence electrons. The van der Waals surface area contributed by atoms with Crippen molar-refractivity contribution in [2.75, 3.05) is 37.4 Å². The minimum atomic E-state index is 0.274. The van der Waals surface area contributed by atoms with Crippen molar-refractivity contribution >= 4 is 11.5 Å². The van der Waals surface area contributed by atoms with Crippen molar-refractivity contribution in [2.45, 2.75) is 32.6 Å². The van der Waals surface area contributed by atoms with Gasteiger partial charge in [0.25, 0.3) is 0 Å². The Bertz CT molecular complexity index is 482. The molecular formula is C16H25N3O2. The summed E-state index contributed by atoms with van der Waals surface area (Å²) in [6.45, 7) is 5.63. The highest BCUT2D eigenvalue weighted by Crippen LogP contribution is 2.32. The average Bonchev–Trinajstić information content (AvgIpc) is 3.30. The van der Waals surface area contributed by atoms with E-state index in [1.807, 2.05) is 12.1 Å². The van der Waals surface area contributed by atoms with Gasteiger partial charge in [0.05, 0.1) is 12.3 Å². The molecule has 2 aliphatic rings. The molecule has 3 rings (SSSR count). The maximum absolute atomic E-state index is 5.93. The van der Waals surface area contributed by atoms with Gasteiger partial charge >= 0.3 is 0 Å². The van der Waals surface area contributed by atoms with Crippen LogP contribution in [0.1, 0.15) is 32.6 Å². The Kier molecular flexibility index (Phi) is 4.19. The van der Waals surface area contributed by atoms with Gasteiger partial charge in [-0.25, -0.2) is 0 Å². The van der Waals surface area contributed by atoms with Crippen molar-refractivity contribution in [3.63, 3.8) is 0 Å². The maximum atomic E-state index is 5.93. The van der Waals surface area contributed by atoms with E-state index >= 15 is 0 Å². The second-order valence-electron chi connectivity index (χ2n) is 6.62. The summed E-state index contributed by atoms with van der Waals surface area (Å²) in [5.74, 6) is 2.09. The second kappa shape index (κ2) is 6.10. The second-order valence-corrected chi connectivity index (χ2v) is 6.62. The first kappa shape index (κ1) is 14.4. The lowest BCUT2D eigenvalue weighted by Gasteiger charge is -2.33. The van der Waals surface area contributed by atoms with E-state index in [1.54, 1.807) is 0 Å². The Labute approximate surface area is 126 Å². The third kappa shape index (κ3) is 4.00. The molecule has 0 amide bonds. The molecular weight excluding hydrogens is 266 g/mol. The first-order chi connectivity index (χ1) is 10.1. The van der Waals surface area contributed by atoms with Crippen LogP contribution in [0, 0.1) is 11.3 Å². The molecule has 0 spiro atoms. The zero-order valence-electron chi connectivity index (χ0n) is 12.7. The molecule has 2 fully saturated rings. The van der Waals surface area contributed by atoms with Crippen LogP contribution in [0.2, 0.25) is 0 Å². The molecule has 0 unspecified atom stereocenters. The summed E-state index contributed by atoms with van der Waals surface area (Å²) >= 11 is 0. The van der Waals surface area contributed by atoms with Gasteiger partial charge in [0, 0.05) is 19.8 Å². The van der Waals surface area contributed by atoms with Crippen LogP contribution in [0.15, 0.2) is 12.1 Å². The highest BCUT2D eigenvalue weighted by atomic mass is 16.5. The smallest absolute Gasteiger partial charge is 0.239 e. The molecule has 3 N–H and O–H groups in total. The average molecular weight is 291 g/mol. The Morgan fingerprint density at radius 1 is 1.38 bits per heavy atom. The van der Waals surface area contributed by atoms with Crippen LogP contribution in [0.4, 0.5) is 11.5 Å². The predicted molar refractivity (Wildman–Crippen MR) is 83.5 cm³/mol. The number of nitrogen functional groups attached to an aromatic ring is 1. The molecule has 21 heavy (non-hydrogen) atoms. The lowest BCUT2D eigenvalue weighted by atomic mass is 9.82. The Morgan fingerprint density at radius 3 is 2.86 bits per heavy atom. The Balaban J connectivity index is 1.57. The lowest BCUT2D eigenvalue weighted by Crippen LogP contribution is -2.33. The quantitative estimate of drug-likeness (QED) is 0.843. The number of nitrogens with two attached hydrogens (primary N) is 1. The SMILES string of the molecule is CC1(CNc2ccc(N)c(OCC3CC3)n2)CCOCC1. The number of aromatic nitrogens is 1. The largest absolute Gasteiger partial charge is 0.476 e. The lowest BCUT2D eigenvalue weighted by molar-refractivity contribution is 0.0299. The number of nitrogens with one attached hydrogen (secondary N) is 1. The van der Waals surface area contributed by atoms with Gasteiger partial charge in [-0.05, 0) is 49.1 Å². The summed E-state index contributed by atoms with van der Waals surface area (Å²) in [6.07, 6.45) is 4.69. The molecule has 1 saturated carbocycles. The summed E-state index contributed by atoms with van der Waals surface area (Å²) in [4.78, 5) is 4.50. The van der Waals surface area contributed by atoms with Crippen molar-refractivity contribution in [1.29, 1.82) is 0 Å². The van der Waals surface area contributed by atoms with E-state index in [-0.39, 0.29) is 5.41 Å². The zero-order chi connectivity index (χ0) is 14.7. The molecule has 1 aromatic heterocycles. The van der Waals surface area contributed by atoms with Gasteiger partial charge in [0.1, 0.15) is 5.82 Å².